The summed E-state index contributed by atoms with van der Waals surface area (Å²) in [6, 6.07) is 7.73. The maximum Gasteiger partial charge on any atom is 0.236 e. The maximum atomic E-state index is 12.0. The molecule has 2 aromatic heterocycles. The number of thioether (sulfide) groups is 1. The summed E-state index contributed by atoms with van der Waals surface area (Å²) < 4.78 is 7.67. The molecule has 3 rings (SSSR count). The van der Waals surface area contributed by atoms with E-state index in [4.69, 9.17) is 4.74 Å². The minimum Gasteiger partial charge on any atom is -0.493 e. The third-order valence-electron chi connectivity index (χ3n) is 3.40. The van der Waals surface area contributed by atoms with E-state index in [0.29, 0.717) is 23.4 Å². The van der Waals surface area contributed by atoms with Gasteiger partial charge < -0.3 is 9.30 Å². The molecule has 1 N–H and O–H groups in total. The minimum absolute atomic E-state index is 0.159. The second-order valence-electron chi connectivity index (χ2n) is 5.06. The van der Waals surface area contributed by atoms with Crippen LogP contribution < -0.4 is 10.1 Å². The number of carbonyl (C=O) groups is 1. The van der Waals surface area contributed by atoms with Crippen LogP contribution in [0.1, 0.15) is 13.8 Å². The van der Waals surface area contributed by atoms with Gasteiger partial charge in [0.05, 0.1) is 17.9 Å². The molecule has 0 unspecified atom stereocenters. The number of nitrogens with zero attached hydrogens (tertiary/aromatic N) is 5. The van der Waals surface area contributed by atoms with E-state index in [1.807, 2.05) is 42.7 Å². The quantitative estimate of drug-likeness (QED) is 0.591. The van der Waals surface area contributed by atoms with Gasteiger partial charge in [0.25, 0.3) is 0 Å². The van der Waals surface area contributed by atoms with Gasteiger partial charge in [-0.05, 0) is 26.0 Å². The lowest BCUT2D eigenvalue weighted by Crippen LogP contribution is -2.14. The van der Waals surface area contributed by atoms with Crippen LogP contribution in [0.4, 0.5) is 5.13 Å². The van der Waals surface area contributed by atoms with Gasteiger partial charge in [-0.3, -0.25) is 10.1 Å². The molecule has 26 heavy (non-hydrogen) atoms. The van der Waals surface area contributed by atoms with Gasteiger partial charge in [0.2, 0.25) is 11.0 Å². The van der Waals surface area contributed by atoms with Crippen molar-refractivity contribution in [2.45, 2.75) is 25.5 Å². The predicted octanol–water partition coefficient (Wildman–Crippen LogP) is 2.95. The van der Waals surface area contributed by atoms with E-state index in [1.165, 1.54) is 23.1 Å². The molecule has 0 bridgehead atoms. The van der Waals surface area contributed by atoms with E-state index in [0.717, 1.165) is 17.1 Å². The first-order valence-electron chi connectivity index (χ1n) is 8.07. The Morgan fingerprint density at radius 3 is 2.85 bits per heavy atom. The highest BCUT2D eigenvalue weighted by atomic mass is 32.2. The topological polar surface area (TPSA) is 94.8 Å². The van der Waals surface area contributed by atoms with Crippen molar-refractivity contribution in [1.82, 2.24) is 25.0 Å². The predicted molar refractivity (Wildman–Crippen MR) is 102 cm³/mol. The lowest BCUT2D eigenvalue weighted by atomic mass is 10.2. The molecule has 0 fully saturated rings. The Morgan fingerprint density at radius 1 is 1.27 bits per heavy atom. The number of amides is 1. The summed E-state index contributed by atoms with van der Waals surface area (Å²) in [5, 5.41) is 19.9. The van der Waals surface area contributed by atoms with Crippen LogP contribution in [0.5, 0.6) is 5.75 Å². The highest BCUT2D eigenvalue weighted by Crippen LogP contribution is 2.31. The van der Waals surface area contributed by atoms with Crippen LogP contribution in [0.25, 0.3) is 11.4 Å². The number of rotatable bonds is 8. The van der Waals surface area contributed by atoms with Gasteiger partial charge in [0.15, 0.2) is 11.0 Å². The molecule has 0 saturated carbocycles. The lowest BCUT2D eigenvalue weighted by molar-refractivity contribution is -0.113. The molecule has 0 aliphatic carbocycles. The maximum absolute atomic E-state index is 12.0. The number of carbonyl (C=O) groups excluding carboxylic acids is 1. The summed E-state index contributed by atoms with van der Waals surface area (Å²) in [7, 11) is 0. The summed E-state index contributed by atoms with van der Waals surface area (Å²) in [6.45, 7) is 5.22. The van der Waals surface area contributed by atoms with Gasteiger partial charge in [-0.1, -0.05) is 35.2 Å². The molecular formula is C16H18N6O2S2. The molecule has 0 radical (unpaired) electrons. The van der Waals surface area contributed by atoms with Crippen molar-refractivity contribution >= 4 is 34.1 Å². The van der Waals surface area contributed by atoms with Crippen LogP contribution in [0.2, 0.25) is 0 Å². The standard InChI is InChI=1S/C16H18N6O2S2/c1-3-22-14(11-7-5-6-8-12(11)24-4-2)19-21-16(22)25-9-13(23)18-15-20-17-10-26-15/h5-8,10H,3-4,9H2,1-2H3,(H,18,20,23). The first-order chi connectivity index (χ1) is 12.7. The second kappa shape index (κ2) is 8.77. The summed E-state index contributed by atoms with van der Waals surface area (Å²) >= 11 is 2.61. The van der Waals surface area contributed by atoms with Crippen molar-refractivity contribution in [1.29, 1.82) is 0 Å². The molecule has 10 heteroatoms. The van der Waals surface area contributed by atoms with Crippen LogP contribution in [0, 0.1) is 0 Å². The van der Waals surface area contributed by atoms with E-state index in [1.54, 1.807) is 5.51 Å². The Hall–Kier alpha value is -2.46. The Bertz CT molecular complexity index is 866. The molecule has 136 valence electrons. The molecule has 8 nitrogen and oxygen atoms in total. The van der Waals surface area contributed by atoms with Crippen LogP contribution in [0.15, 0.2) is 34.9 Å². The third-order valence-corrected chi connectivity index (χ3v) is 4.97. The number of hydrogen-bond donors (Lipinski definition) is 1. The van der Waals surface area contributed by atoms with E-state index in [2.05, 4.69) is 25.7 Å². The molecule has 3 aromatic rings. The van der Waals surface area contributed by atoms with Crippen molar-refractivity contribution in [3.05, 3.63) is 29.8 Å². The highest BCUT2D eigenvalue weighted by Gasteiger charge is 2.17. The number of aromatic nitrogens is 5. The van der Waals surface area contributed by atoms with Gasteiger partial charge in [-0.25, -0.2) is 0 Å². The zero-order valence-corrected chi connectivity index (χ0v) is 16.0. The first-order valence-corrected chi connectivity index (χ1v) is 9.93. The highest BCUT2D eigenvalue weighted by molar-refractivity contribution is 7.99. The van der Waals surface area contributed by atoms with E-state index in [9.17, 15) is 4.79 Å². The van der Waals surface area contributed by atoms with Gasteiger partial charge in [0.1, 0.15) is 11.3 Å². The van der Waals surface area contributed by atoms with Crippen LogP contribution in [-0.4, -0.2) is 43.2 Å². The summed E-state index contributed by atoms with van der Waals surface area (Å²) in [5.41, 5.74) is 2.45. The number of anilines is 1. The fourth-order valence-corrected chi connectivity index (χ4v) is 3.59. The molecule has 1 amide bonds. The average Bonchev–Trinajstić information content (AvgIpc) is 3.30. The fourth-order valence-electron chi connectivity index (χ4n) is 2.33. The molecule has 0 saturated heterocycles. The summed E-state index contributed by atoms with van der Waals surface area (Å²) in [6.07, 6.45) is 0. The van der Waals surface area contributed by atoms with E-state index in [-0.39, 0.29) is 11.7 Å². The first kappa shape index (κ1) is 18.3. The van der Waals surface area contributed by atoms with Crippen LogP contribution >= 0.6 is 23.1 Å². The van der Waals surface area contributed by atoms with Crippen molar-refractivity contribution in [3.8, 4) is 17.1 Å². The Labute approximate surface area is 159 Å². The largest absolute Gasteiger partial charge is 0.493 e. The SMILES string of the molecule is CCOc1ccccc1-c1nnc(SCC(=O)Nc2nncs2)n1CC. The van der Waals surface area contributed by atoms with Gasteiger partial charge in [-0.15, -0.1) is 20.4 Å². The van der Waals surface area contributed by atoms with Crippen molar-refractivity contribution < 1.29 is 9.53 Å². The summed E-state index contributed by atoms with van der Waals surface area (Å²) in [4.78, 5) is 12.0. The summed E-state index contributed by atoms with van der Waals surface area (Å²) in [5.74, 6) is 1.55. The van der Waals surface area contributed by atoms with Gasteiger partial charge in [-0.2, -0.15) is 0 Å². The Balaban J connectivity index is 1.75. The van der Waals surface area contributed by atoms with E-state index < -0.39 is 0 Å². The lowest BCUT2D eigenvalue weighted by Gasteiger charge is -2.11. The zero-order valence-electron chi connectivity index (χ0n) is 14.4. The normalized spacial score (nSPS) is 10.7. The van der Waals surface area contributed by atoms with Crippen LogP contribution in [-0.2, 0) is 11.3 Å². The zero-order chi connectivity index (χ0) is 18.4. The number of hydrogen-bond acceptors (Lipinski definition) is 8. The molecular weight excluding hydrogens is 372 g/mol. The average molecular weight is 390 g/mol. The molecule has 2 heterocycles. The van der Waals surface area contributed by atoms with Crippen LogP contribution in [0.3, 0.4) is 0 Å². The Kier molecular flexibility index (Phi) is 6.18. The number of benzene rings is 1. The third kappa shape index (κ3) is 4.20. The smallest absolute Gasteiger partial charge is 0.236 e. The molecule has 0 spiro atoms. The van der Waals surface area contributed by atoms with E-state index >= 15 is 0 Å². The monoisotopic (exact) mass is 390 g/mol. The van der Waals surface area contributed by atoms with Crippen molar-refractivity contribution in [3.63, 3.8) is 0 Å². The molecule has 0 aliphatic heterocycles. The number of ether oxygens (including phenoxy) is 1. The van der Waals surface area contributed by atoms with Gasteiger partial charge >= 0.3 is 0 Å². The molecule has 0 atom stereocenters. The van der Waals surface area contributed by atoms with Crippen molar-refractivity contribution in [2.75, 3.05) is 17.7 Å². The van der Waals surface area contributed by atoms with Gasteiger partial charge in [0, 0.05) is 6.54 Å². The molecule has 0 aliphatic rings. The Morgan fingerprint density at radius 2 is 2.12 bits per heavy atom. The number of para-hydroxylation sites is 1. The van der Waals surface area contributed by atoms with Crippen molar-refractivity contribution in [2.24, 2.45) is 0 Å². The fraction of sp³-hybridized carbons (Fsp3) is 0.312. The minimum atomic E-state index is -0.159. The molecule has 1 aromatic carbocycles. The second-order valence-corrected chi connectivity index (χ2v) is 6.84. The number of nitrogens with one attached hydrogen (secondary N) is 1.